The second-order valence-corrected chi connectivity index (χ2v) is 9.48. The Balaban J connectivity index is 1.79. The lowest BCUT2D eigenvalue weighted by molar-refractivity contribution is -0.160. The highest BCUT2D eigenvalue weighted by Gasteiger charge is 2.66. The fourth-order valence-corrected chi connectivity index (χ4v) is 7.44. The third kappa shape index (κ3) is 1.56. The van der Waals surface area contributed by atoms with Crippen LogP contribution in [0.2, 0.25) is 0 Å². The fraction of sp³-hybridized carbons (Fsp3) is 0.850. The summed E-state index contributed by atoms with van der Waals surface area (Å²) in [6.07, 6.45) is 10.1. The van der Waals surface area contributed by atoms with Gasteiger partial charge in [-0.25, -0.2) is 0 Å². The lowest BCUT2D eigenvalue weighted by Crippen LogP contribution is -2.57. The van der Waals surface area contributed by atoms with Gasteiger partial charge in [0.1, 0.15) is 0 Å². The molecule has 1 nitrogen and oxygen atoms in total. The van der Waals surface area contributed by atoms with Crippen LogP contribution < -0.4 is 0 Å². The highest BCUT2D eigenvalue weighted by atomic mass is 16.1. The third-order valence-electron chi connectivity index (χ3n) is 8.27. The van der Waals surface area contributed by atoms with Crippen LogP contribution >= 0.6 is 0 Å². The first-order valence-electron chi connectivity index (χ1n) is 9.05. The number of hydrogen-bond acceptors (Lipinski definition) is 1. The summed E-state index contributed by atoms with van der Waals surface area (Å²) in [5.74, 6) is 2.43. The molecule has 116 valence electrons. The number of carbonyl (C=O) groups is 1. The Morgan fingerprint density at radius 3 is 2.52 bits per heavy atom. The number of rotatable bonds is 0. The second-order valence-electron chi connectivity index (χ2n) is 9.48. The minimum absolute atomic E-state index is 0.00132. The number of allylic oxidation sites excluding steroid dienone is 1. The molecule has 4 fully saturated rings. The summed E-state index contributed by atoms with van der Waals surface area (Å²) in [6.45, 7) is 11.7. The van der Waals surface area contributed by atoms with Crippen LogP contribution in [0.25, 0.3) is 0 Å². The van der Waals surface area contributed by atoms with Crippen molar-refractivity contribution >= 4 is 5.78 Å². The molecule has 1 heteroatoms. The maximum atomic E-state index is 13.0. The van der Waals surface area contributed by atoms with Gasteiger partial charge in [-0.1, -0.05) is 33.8 Å². The largest absolute Gasteiger partial charge is 0.294 e. The van der Waals surface area contributed by atoms with Gasteiger partial charge in [0.05, 0.1) is 0 Å². The Kier molecular flexibility index (Phi) is 2.69. The Hall–Kier alpha value is -0.590. The van der Waals surface area contributed by atoms with Crippen molar-refractivity contribution in [3.05, 3.63) is 12.2 Å². The number of hydrogen-bond donors (Lipinski definition) is 0. The van der Waals surface area contributed by atoms with E-state index in [0.717, 1.165) is 24.3 Å². The van der Waals surface area contributed by atoms with Gasteiger partial charge in [0.25, 0.3) is 0 Å². The molecular weight excluding hydrogens is 256 g/mol. The zero-order valence-corrected chi connectivity index (χ0v) is 14.0. The Morgan fingerprint density at radius 2 is 1.76 bits per heavy atom. The molecule has 0 aliphatic heterocycles. The Morgan fingerprint density at radius 1 is 1.00 bits per heavy atom. The van der Waals surface area contributed by atoms with Gasteiger partial charge in [-0.15, -0.1) is 0 Å². The van der Waals surface area contributed by atoms with Gasteiger partial charge in [-0.3, -0.25) is 4.79 Å². The highest BCUT2D eigenvalue weighted by molar-refractivity contribution is 6.03. The molecule has 0 aromatic rings. The van der Waals surface area contributed by atoms with Crippen molar-refractivity contribution < 1.29 is 4.79 Å². The van der Waals surface area contributed by atoms with E-state index in [9.17, 15) is 4.79 Å². The summed E-state index contributed by atoms with van der Waals surface area (Å²) < 4.78 is 0. The van der Waals surface area contributed by atoms with Crippen LogP contribution in [-0.4, -0.2) is 5.78 Å². The molecule has 4 rings (SSSR count). The number of fused-ring (bicyclic) bond motifs is 3. The summed E-state index contributed by atoms with van der Waals surface area (Å²) in [6, 6.07) is 0. The van der Waals surface area contributed by atoms with Gasteiger partial charge in [-0.2, -0.15) is 0 Å². The standard InChI is InChI=1S/C20H30O/c1-13-14-6-7-16-19(4)10-5-9-18(2,3)15(19)8-11-20(16,12-14)17(13)21/h14-16H,1,5-12H2,2-4H3/t14-,15-,16-,19-,20-/m1/s1. The summed E-state index contributed by atoms with van der Waals surface area (Å²) in [5.41, 5.74) is 1.84. The van der Waals surface area contributed by atoms with E-state index in [1.54, 1.807) is 0 Å². The molecule has 4 saturated carbocycles. The SMILES string of the molecule is C=C1C(=O)[C@@]23CC[C@@H]4C(C)(C)CCC[C@@]4(C)[C@H]2CC[C@@H]1C3. The van der Waals surface area contributed by atoms with Crippen molar-refractivity contribution in [2.75, 3.05) is 0 Å². The monoisotopic (exact) mass is 286 g/mol. The van der Waals surface area contributed by atoms with Crippen LogP contribution in [0.4, 0.5) is 0 Å². The van der Waals surface area contributed by atoms with Gasteiger partial charge < -0.3 is 0 Å². The fourth-order valence-electron chi connectivity index (χ4n) is 7.44. The maximum Gasteiger partial charge on any atom is 0.165 e. The molecule has 5 atom stereocenters. The van der Waals surface area contributed by atoms with Crippen molar-refractivity contribution in [2.45, 2.75) is 72.1 Å². The third-order valence-corrected chi connectivity index (χ3v) is 8.27. The van der Waals surface area contributed by atoms with Gasteiger partial charge in [0.15, 0.2) is 5.78 Å². The molecule has 2 bridgehead atoms. The summed E-state index contributed by atoms with van der Waals surface area (Å²) in [4.78, 5) is 13.0. The first-order chi connectivity index (χ1) is 9.81. The molecular formula is C20H30O. The van der Waals surface area contributed by atoms with Crippen LogP contribution in [0.15, 0.2) is 12.2 Å². The summed E-state index contributed by atoms with van der Waals surface area (Å²) in [5, 5.41) is 0. The molecule has 0 unspecified atom stereocenters. The van der Waals surface area contributed by atoms with Gasteiger partial charge in [0.2, 0.25) is 0 Å². The number of carbonyl (C=O) groups excluding carboxylic acids is 1. The van der Waals surface area contributed by atoms with Crippen molar-refractivity contribution in [2.24, 2.45) is 34.0 Å². The average molecular weight is 286 g/mol. The first-order valence-corrected chi connectivity index (χ1v) is 9.05. The van der Waals surface area contributed by atoms with E-state index in [2.05, 4.69) is 27.4 Å². The molecule has 0 N–H and O–H groups in total. The summed E-state index contributed by atoms with van der Waals surface area (Å²) >= 11 is 0. The summed E-state index contributed by atoms with van der Waals surface area (Å²) in [7, 11) is 0. The Labute approximate surface area is 129 Å². The molecule has 0 aromatic heterocycles. The van der Waals surface area contributed by atoms with E-state index in [1.165, 1.54) is 38.5 Å². The molecule has 1 spiro atoms. The maximum absolute atomic E-state index is 13.0. The van der Waals surface area contributed by atoms with Crippen molar-refractivity contribution in [1.29, 1.82) is 0 Å². The van der Waals surface area contributed by atoms with Gasteiger partial charge >= 0.3 is 0 Å². The predicted molar refractivity (Wildman–Crippen MR) is 85.9 cm³/mol. The van der Waals surface area contributed by atoms with Crippen LogP contribution in [-0.2, 0) is 4.79 Å². The number of Topliss-reactive ketones (excluding diaryl/α,β-unsaturated/α-hetero) is 1. The topological polar surface area (TPSA) is 17.1 Å². The predicted octanol–water partition coefficient (Wildman–Crippen LogP) is 5.15. The van der Waals surface area contributed by atoms with Crippen LogP contribution in [0.5, 0.6) is 0 Å². The van der Waals surface area contributed by atoms with Crippen molar-refractivity contribution in [1.82, 2.24) is 0 Å². The molecule has 0 saturated heterocycles. The number of ketones is 1. The van der Waals surface area contributed by atoms with Crippen LogP contribution in [0.3, 0.4) is 0 Å². The second kappa shape index (κ2) is 4.03. The van der Waals surface area contributed by atoms with E-state index in [4.69, 9.17) is 0 Å². The van der Waals surface area contributed by atoms with Crippen LogP contribution in [0.1, 0.15) is 72.1 Å². The van der Waals surface area contributed by atoms with E-state index in [0.29, 0.717) is 28.4 Å². The van der Waals surface area contributed by atoms with Crippen molar-refractivity contribution in [3.8, 4) is 0 Å². The van der Waals surface area contributed by atoms with Crippen molar-refractivity contribution in [3.63, 3.8) is 0 Å². The molecule has 4 aliphatic rings. The minimum Gasteiger partial charge on any atom is -0.294 e. The molecule has 21 heavy (non-hydrogen) atoms. The first kappa shape index (κ1) is 14.0. The smallest absolute Gasteiger partial charge is 0.165 e. The molecule has 4 aliphatic carbocycles. The van der Waals surface area contributed by atoms with Crippen LogP contribution in [0, 0.1) is 34.0 Å². The quantitative estimate of drug-likeness (QED) is 0.562. The molecule has 0 aromatic carbocycles. The highest BCUT2D eigenvalue weighted by Crippen LogP contribution is 2.70. The van der Waals surface area contributed by atoms with E-state index in [-0.39, 0.29) is 5.41 Å². The van der Waals surface area contributed by atoms with E-state index >= 15 is 0 Å². The zero-order valence-electron chi connectivity index (χ0n) is 14.0. The normalized spacial score (nSPS) is 51.5. The van der Waals surface area contributed by atoms with Gasteiger partial charge in [0, 0.05) is 5.41 Å². The molecule has 0 radical (unpaired) electrons. The van der Waals surface area contributed by atoms with Gasteiger partial charge in [-0.05, 0) is 79.1 Å². The zero-order chi connectivity index (χ0) is 15.0. The lowest BCUT2D eigenvalue weighted by atomic mass is 9.41. The Bertz CT molecular complexity index is 516. The molecule has 0 amide bonds. The van der Waals surface area contributed by atoms with E-state index in [1.807, 2.05) is 0 Å². The minimum atomic E-state index is -0.00132. The average Bonchev–Trinajstić information content (AvgIpc) is 2.59. The molecule has 0 heterocycles. The van der Waals surface area contributed by atoms with E-state index < -0.39 is 0 Å². The lowest BCUT2D eigenvalue weighted by Gasteiger charge is -2.63.